The molecular formula is C16H13F2N3O3. The van der Waals surface area contributed by atoms with E-state index in [2.05, 4.69) is 5.10 Å². The lowest BCUT2D eigenvalue weighted by Gasteiger charge is -2.11. The summed E-state index contributed by atoms with van der Waals surface area (Å²) in [7, 11) is 1.30. The first-order chi connectivity index (χ1) is 11.4. The second-order valence-electron chi connectivity index (χ2n) is 4.73. The van der Waals surface area contributed by atoms with E-state index in [-0.39, 0.29) is 16.7 Å². The minimum atomic E-state index is -0.857. The molecule has 0 saturated heterocycles. The van der Waals surface area contributed by atoms with Crippen LogP contribution in [0.4, 0.5) is 8.78 Å². The highest BCUT2D eigenvalue weighted by molar-refractivity contribution is 5.96. The van der Waals surface area contributed by atoms with Crippen LogP contribution in [-0.4, -0.2) is 35.3 Å². The van der Waals surface area contributed by atoms with Gasteiger partial charge in [-0.3, -0.25) is 14.8 Å². The van der Waals surface area contributed by atoms with Gasteiger partial charge in [0.15, 0.2) is 0 Å². The number of nitrogens with zero attached hydrogens (tertiary/aromatic N) is 2. The van der Waals surface area contributed by atoms with Crippen LogP contribution in [0.2, 0.25) is 0 Å². The Kier molecular flexibility index (Phi) is 5.33. The summed E-state index contributed by atoms with van der Waals surface area (Å²) >= 11 is 0. The van der Waals surface area contributed by atoms with E-state index < -0.39 is 23.4 Å². The van der Waals surface area contributed by atoms with Gasteiger partial charge in [0.1, 0.15) is 11.6 Å². The molecule has 0 aliphatic carbocycles. The molecule has 0 fully saturated rings. The SMILES string of the molecule is CN(N=Cc1ccc(C(=O)NO)cc1F)C(=O)c1ccccc1F. The lowest BCUT2D eigenvalue weighted by Crippen LogP contribution is -2.22. The van der Waals surface area contributed by atoms with E-state index in [4.69, 9.17) is 5.21 Å². The molecular weight excluding hydrogens is 320 g/mol. The Hall–Kier alpha value is -3.13. The van der Waals surface area contributed by atoms with Gasteiger partial charge in [-0.1, -0.05) is 12.1 Å². The number of hydrogen-bond donors (Lipinski definition) is 2. The molecule has 0 aliphatic rings. The van der Waals surface area contributed by atoms with Crippen molar-refractivity contribution in [2.45, 2.75) is 0 Å². The van der Waals surface area contributed by atoms with Gasteiger partial charge >= 0.3 is 0 Å². The first-order valence-electron chi connectivity index (χ1n) is 6.74. The number of amides is 2. The molecule has 0 spiro atoms. The standard InChI is InChI=1S/C16H13F2N3O3/c1-21(16(23)12-4-2-3-5-13(12)17)19-9-11-7-6-10(8-14(11)18)15(22)20-24/h2-9,24H,1H3,(H,20,22). The highest BCUT2D eigenvalue weighted by Crippen LogP contribution is 2.11. The zero-order valence-corrected chi connectivity index (χ0v) is 12.5. The summed E-state index contributed by atoms with van der Waals surface area (Å²) in [4.78, 5) is 23.2. The molecule has 8 heteroatoms. The van der Waals surface area contributed by atoms with Gasteiger partial charge in [-0.05, 0) is 30.3 Å². The molecule has 124 valence electrons. The number of carbonyl (C=O) groups is 2. The van der Waals surface area contributed by atoms with Crippen molar-refractivity contribution >= 4 is 18.0 Å². The molecule has 0 bridgehead atoms. The monoisotopic (exact) mass is 333 g/mol. The molecule has 2 rings (SSSR count). The molecule has 0 aromatic heterocycles. The fraction of sp³-hybridized carbons (Fsp3) is 0.0625. The number of halogens is 2. The van der Waals surface area contributed by atoms with Gasteiger partial charge in [0.05, 0.1) is 11.8 Å². The molecule has 2 amide bonds. The number of hydroxylamine groups is 1. The number of hydrogen-bond acceptors (Lipinski definition) is 4. The van der Waals surface area contributed by atoms with Gasteiger partial charge in [-0.2, -0.15) is 5.10 Å². The molecule has 24 heavy (non-hydrogen) atoms. The fourth-order valence-corrected chi connectivity index (χ4v) is 1.85. The lowest BCUT2D eigenvalue weighted by atomic mass is 10.1. The third kappa shape index (κ3) is 3.79. The van der Waals surface area contributed by atoms with Crippen molar-refractivity contribution in [3.63, 3.8) is 0 Å². The maximum Gasteiger partial charge on any atom is 0.276 e. The van der Waals surface area contributed by atoms with E-state index in [0.717, 1.165) is 23.4 Å². The quantitative estimate of drug-likeness (QED) is 0.511. The first-order valence-corrected chi connectivity index (χ1v) is 6.74. The molecule has 0 aliphatic heterocycles. The summed E-state index contributed by atoms with van der Waals surface area (Å²) in [6.07, 6.45) is 1.06. The zero-order valence-electron chi connectivity index (χ0n) is 12.5. The summed E-state index contributed by atoms with van der Waals surface area (Å²) in [5.74, 6) is -3.01. The van der Waals surface area contributed by atoms with E-state index >= 15 is 0 Å². The Labute approximate surface area is 136 Å². The van der Waals surface area contributed by atoms with Crippen molar-refractivity contribution in [2.24, 2.45) is 5.10 Å². The summed E-state index contributed by atoms with van der Waals surface area (Å²) in [5, 5.41) is 13.1. The van der Waals surface area contributed by atoms with E-state index in [1.165, 1.54) is 42.9 Å². The smallest absolute Gasteiger partial charge is 0.276 e. The average Bonchev–Trinajstić information content (AvgIpc) is 2.59. The third-order valence-corrected chi connectivity index (χ3v) is 3.13. The highest BCUT2D eigenvalue weighted by Gasteiger charge is 2.15. The maximum absolute atomic E-state index is 13.9. The van der Waals surface area contributed by atoms with Crippen LogP contribution in [0.3, 0.4) is 0 Å². The van der Waals surface area contributed by atoms with Crippen LogP contribution in [0.25, 0.3) is 0 Å². The van der Waals surface area contributed by atoms with Crippen LogP contribution in [0, 0.1) is 11.6 Å². The molecule has 2 aromatic carbocycles. The molecule has 0 saturated carbocycles. The molecule has 2 N–H and O–H groups in total. The Morgan fingerprint density at radius 1 is 1.17 bits per heavy atom. The van der Waals surface area contributed by atoms with E-state index in [0.29, 0.717) is 0 Å². The van der Waals surface area contributed by atoms with Crippen LogP contribution < -0.4 is 5.48 Å². The minimum absolute atomic E-state index is 0.0117. The van der Waals surface area contributed by atoms with Crippen molar-refractivity contribution < 1.29 is 23.6 Å². The first kappa shape index (κ1) is 17.2. The van der Waals surface area contributed by atoms with Crippen molar-refractivity contribution in [3.8, 4) is 0 Å². The largest absolute Gasteiger partial charge is 0.288 e. The normalized spacial score (nSPS) is 10.7. The predicted molar refractivity (Wildman–Crippen MR) is 81.7 cm³/mol. The van der Waals surface area contributed by atoms with Crippen LogP contribution in [-0.2, 0) is 0 Å². The molecule has 0 unspecified atom stereocenters. The van der Waals surface area contributed by atoms with Gasteiger partial charge in [-0.25, -0.2) is 19.3 Å². The second kappa shape index (κ2) is 7.42. The summed E-state index contributed by atoms with van der Waals surface area (Å²) < 4.78 is 27.4. The number of benzene rings is 2. The second-order valence-corrected chi connectivity index (χ2v) is 4.73. The summed E-state index contributed by atoms with van der Waals surface area (Å²) in [5.41, 5.74) is 1.16. The van der Waals surface area contributed by atoms with Crippen LogP contribution in [0.15, 0.2) is 47.6 Å². The van der Waals surface area contributed by atoms with E-state index in [9.17, 15) is 18.4 Å². The molecule has 0 heterocycles. The Bertz CT molecular complexity index is 809. The van der Waals surface area contributed by atoms with Gasteiger partial charge in [0.2, 0.25) is 0 Å². The van der Waals surface area contributed by atoms with Gasteiger partial charge in [0.25, 0.3) is 11.8 Å². The molecule has 0 atom stereocenters. The number of hydrazone groups is 1. The van der Waals surface area contributed by atoms with Gasteiger partial charge in [0, 0.05) is 18.2 Å². The minimum Gasteiger partial charge on any atom is -0.288 e. The number of nitrogens with one attached hydrogen (secondary N) is 1. The van der Waals surface area contributed by atoms with Crippen molar-refractivity contribution in [3.05, 3.63) is 70.8 Å². The van der Waals surface area contributed by atoms with Crippen LogP contribution >= 0.6 is 0 Å². The maximum atomic E-state index is 13.9. The third-order valence-electron chi connectivity index (χ3n) is 3.13. The van der Waals surface area contributed by atoms with Crippen molar-refractivity contribution in [1.29, 1.82) is 0 Å². The lowest BCUT2D eigenvalue weighted by molar-refractivity contribution is 0.0705. The molecule has 6 nitrogen and oxygen atoms in total. The van der Waals surface area contributed by atoms with Gasteiger partial charge in [-0.15, -0.1) is 0 Å². The number of carbonyl (C=O) groups excluding carboxylic acids is 2. The summed E-state index contributed by atoms with van der Waals surface area (Å²) in [6, 6.07) is 8.86. The highest BCUT2D eigenvalue weighted by atomic mass is 19.1. The topological polar surface area (TPSA) is 82.0 Å². The van der Waals surface area contributed by atoms with Crippen molar-refractivity contribution in [1.82, 2.24) is 10.5 Å². The van der Waals surface area contributed by atoms with Crippen LogP contribution in [0.5, 0.6) is 0 Å². The van der Waals surface area contributed by atoms with E-state index in [1.807, 2.05) is 0 Å². The van der Waals surface area contributed by atoms with Gasteiger partial charge < -0.3 is 0 Å². The molecule has 2 aromatic rings. The van der Waals surface area contributed by atoms with Crippen molar-refractivity contribution in [2.75, 3.05) is 7.05 Å². The Balaban J connectivity index is 2.17. The van der Waals surface area contributed by atoms with Crippen LogP contribution in [0.1, 0.15) is 26.3 Å². The fourth-order valence-electron chi connectivity index (χ4n) is 1.85. The Morgan fingerprint density at radius 2 is 1.88 bits per heavy atom. The predicted octanol–water partition coefficient (Wildman–Crippen LogP) is 2.19. The Morgan fingerprint density at radius 3 is 2.50 bits per heavy atom. The number of rotatable bonds is 4. The zero-order chi connectivity index (χ0) is 17.7. The van der Waals surface area contributed by atoms with E-state index in [1.54, 1.807) is 0 Å². The average molecular weight is 333 g/mol. The molecule has 0 radical (unpaired) electrons. The summed E-state index contributed by atoms with van der Waals surface area (Å²) in [6.45, 7) is 0.